The minimum atomic E-state index is -0.0977. The van der Waals surface area contributed by atoms with E-state index in [0.29, 0.717) is 0 Å². The molecule has 1 aromatic carbocycles. The molecule has 0 spiro atoms. The van der Waals surface area contributed by atoms with Crippen LogP contribution >= 0.6 is 0 Å². The molecule has 16 heavy (non-hydrogen) atoms. The molecular weight excluding hydrogens is 204 g/mol. The lowest BCUT2D eigenvalue weighted by Crippen LogP contribution is -2.09. The SMILES string of the molecule is CC(=O)Nc1ccccc1[CH]n1ccnn1. The molecule has 1 aromatic heterocycles. The summed E-state index contributed by atoms with van der Waals surface area (Å²) in [7, 11) is 0. The number of amides is 1. The van der Waals surface area contributed by atoms with Gasteiger partial charge in [-0.15, -0.1) is 5.10 Å². The molecule has 1 heterocycles. The third-order valence-electron chi connectivity index (χ3n) is 1.98. The van der Waals surface area contributed by atoms with Crippen molar-refractivity contribution >= 4 is 11.6 Å². The highest BCUT2D eigenvalue weighted by molar-refractivity contribution is 5.89. The van der Waals surface area contributed by atoms with Crippen LogP contribution in [0.2, 0.25) is 0 Å². The summed E-state index contributed by atoms with van der Waals surface area (Å²) in [5, 5.41) is 10.3. The van der Waals surface area contributed by atoms with E-state index in [4.69, 9.17) is 0 Å². The summed E-state index contributed by atoms with van der Waals surface area (Å²) in [4.78, 5) is 11.0. The van der Waals surface area contributed by atoms with Crippen molar-refractivity contribution in [3.8, 4) is 0 Å². The Hall–Kier alpha value is -2.17. The predicted molar refractivity (Wildman–Crippen MR) is 59.6 cm³/mol. The van der Waals surface area contributed by atoms with Crippen molar-refractivity contribution in [2.75, 3.05) is 5.32 Å². The number of anilines is 1. The molecule has 0 saturated carbocycles. The number of rotatable bonds is 3. The van der Waals surface area contributed by atoms with Crippen LogP contribution in [-0.4, -0.2) is 20.9 Å². The first-order valence-electron chi connectivity index (χ1n) is 4.83. The predicted octanol–water partition coefficient (Wildman–Crippen LogP) is 1.29. The zero-order valence-corrected chi connectivity index (χ0v) is 8.79. The minimum Gasteiger partial charge on any atom is -0.326 e. The minimum absolute atomic E-state index is 0.0977. The van der Waals surface area contributed by atoms with Gasteiger partial charge < -0.3 is 5.32 Å². The fourth-order valence-electron chi connectivity index (χ4n) is 1.34. The summed E-state index contributed by atoms with van der Waals surface area (Å²) in [5.41, 5.74) is 1.63. The summed E-state index contributed by atoms with van der Waals surface area (Å²) in [6, 6.07) is 7.50. The van der Waals surface area contributed by atoms with Gasteiger partial charge in [0, 0.05) is 24.4 Å². The highest BCUT2D eigenvalue weighted by Gasteiger charge is 2.04. The zero-order chi connectivity index (χ0) is 11.4. The molecule has 2 rings (SSSR count). The molecule has 1 N–H and O–H groups in total. The number of carbonyl (C=O) groups excluding carboxylic acids is 1. The Balaban J connectivity index is 2.22. The topological polar surface area (TPSA) is 59.8 Å². The monoisotopic (exact) mass is 215 g/mol. The van der Waals surface area contributed by atoms with E-state index in [9.17, 15) is 4.79 Å². The number of carbonyl (C=O) groups is 1. The second kappa shape index (κ2) is 4.57. The van der Waals surface area contributed by atoms with Crippen LogP contribution in [0.25, 0.3) is 0 Å². The number of hydrogen-bond acceptors (Lipinski definition) is 3. The van der Waals surface area contributed by atoms with E-state index in [1.165, 1.54) is 6.92 Å². The highest BCUT2D eigenvalue weighted by atomic mass is 16.1. The fraction of sp³-hybridized carbons (Fsp3) is 0.0909. The average molecular weight is 215 g/mol. The van der Waals surface area contributed by atoms with Gasteiger partial charge in [-0.1, -0.05) is 23.4 Å². The Morgan fingerprint density at radius 1 is 1.44 bits per heavy atom. The van der Waals surface area contributed by atoms with E-state index in [1.807, 2.05) is 24.3 Å². The Labute approximate surface area is 93.1 Å². The summed E-state index contributed by atoms with van der Waals surface area (Å²) in [5.74, 6) is -0.0977. The first kappa shape index (κ1) is 10.4. The van der Waals surface area contributed by atoms with Gasteiger partial charge in [-0.05, 0) is 6.07 Å². The van der Waals surface area contributed by atoms with Gasteiger partial charge >= 0.3 is 0 Å². The summed E-state index contributed by atoms with van der Waals surface area (Å²) in [6.45, 7) is 3.27. The van der Waals surface area contributed by atoms with Gasteiger partial charge in [0.05, 0.1) is 6.20 Å². The van der Waals surface area contributed by atoms with Crippen LogP contribution in [0.4, 0.5) is 5.69 Å². The quantitative estimate of drug-likeness (QED) is 0.839. The van der Waals surface area contributed by atoms with Crippen LogP contribution < -0.4 is 5.32 Å². The number of para-hydroxylation sites is 1. The smallest absolute Gasteiger partial charge is 0.221 e. The maximum atomic E-state index is 11.0. The zero-order valence-electron chi connectivity index (χ0n) is 8.79. The van der Waals surface area contributed by atoms with Gasteiger partial charge in [-0.25, -0.2) is 4.68 Å². The summed E-state index contributed by atoms with van der Waals surface area (Å²) < 4.78 is 1.58. The van der Waals surface area contributed by atoms with Crippen LogP contribution in [0, 0.1) is 6.54 Å². The van der Waals surface area contributed by atoms with Crippen LogP contribution in [0.1, 0.15) is 12.5 Å². The summed E-state index contributed by atoms with van der Waals surface area (Å²) in [6.07, 6.45) is 3.32. The van der Waals surface area contributed by atoms with Crippen molar-refractivity contribution < 1.29 is 4.79 Å². The first-order chi connectivity index (χ1) is 7.75. The largest absolute Gasteiger partial charge is 0.326 e. The third-order valence-corrected chi connectivity index (χ3v) is 1.98. The Morgan fingerprint density at radius 2 is 2.25 bits per heavy atom. The van der Waals surface area contributed by atoms with Crippen molar-refractivity contribution in [2.45, 2.75) is 6.92 Å². The van der Waals surface area contributed by atoms with Gasteiger partial charge in [0.25, 0.3) is 0 Å². The normalized spacial score (nSPS) is 10.1. The molecule has 5 heteroatoms. The highest BCUT2D eigenvalue weighted by Crippen LogP contribution is 2.16. The molecule has 0 saturated heterocycles. The molecule has 2 aromatic rings. The van der Waals surface area contributed by atoms with Crippen molar-refractivity contribution in [1.29, 1.82) is 0 Å². The van der Waals surface area contributed by atoms with E-state index < -0.39 is 0 Å². The van der Waals surface area contributed by atoms with Gasteiger partial charge in [-0.3, -0.25) is 4.79 Å². The van der Waals surface area contributed by atoms with Gasteiger partial charge in [0.2, 0.25) is 5.91 Å². The van der Waals surface area contributed by atoms with Crippen LogP contribution in [-0.2, 0) is 4.79 Å². The van der Waals surface area contributed by atoms with Crippen LogP contribution in [0.3, 0.4) is 0 Å². The van der Waals surface area contributed by atoms with Crippen LogP contribution in [0.5, 0.6) is 0 Å². The second-order valence-corrected chi connectivity index (χ2v) is 3.28. The van der Waals surface area contributed by atoms with Crippen molar-refractivity contribution in [3.63, 3.8) is 0 Å². The second-order valence-electron chi connectivity index (χ2n) is 3.28. The number of aromatic nitrogens is 3. The maximum Gasteiger partial charge on any atom is 0.221 e. The molecule has 0 unspecified atom stereocenters. The third kappa shape index (κ3) is 2.44. The standard InChI is InChI=1S/C11H11N4O/c1-9(16)13-11-5-3-2-4-10(11)8-15-7-6-12-14-15/h2-8H,1H3,(H,13,16). The Morgan fingerprint density at radius 3 is 2.94 bits per heavy atom. The number of benzene rings is 1. The average Bonchev–Trinajstić information content (AvgIpc) is 2.73. The Bertz CT molecular complexity index is 478. The molecule has 1 radical (unpaired) electrons. The fourth-order valence-corrected chi connectivity index (χ4v) is 1.34. The Kier molecular flexibility index (Phi) is 2.95. The molecule has 0 atom stereocenters. The van der Waals surface area contributed by atoms with Crippen LogP contribution in [0.15, 0.2) is 36.7 Å². The van der Waals surface area contributed by atoms with Gasteiger partial charge in [0.1, 0.15) is 6.54 Å². The lowest BCUT2D eigenvalue weighted by atomic mass is 10.2. The van der Waals surface area contributed by atoms with Gasteiger partial charge in [-0.2, -0.15) is 0 Å². The maximum absolute atomic E-state index is 11.0. The van der Waals surface area contributed by atoms with E-state index in [0.717, 1.165) is 11.3 Å². The molecule has 81 valence electrons. The molecule has 5 nitrogen and oxygen atoms in total. The van der Waals surface area contributed by atoms with Crippen molar-refractivity contribution in [3.05, 3.63) is 48.8 Å². The van der Waals surface area contributed by atoms with Crippen molar-refractivity contribution in [1.82, 2.24) is 15.0 Å². The number of nitrogens with zero attached hydrogens (tertiary/aromatic N) is 3. The number of nitrogens with one attached hydrogen (secondary N) is 1. The van der Waals surface area contributed by atoms with E-state index >= 15 is 0 Å². The lowest BCUT2D eigenvalue weighted by molar-refractivity contribution is -0.114. The van der Waals surface area contributed by atoms with E-state index in [1.54, 1.807) is 23.6 Å². The molecule has 0 aliphatic heterocycles. The molecule has 0 bridgehead atoms. The lowest BCUT2D eigenvalue weighted by Gasteiger charge is -2.08. The molecule has 1 amide bonds. The van der Waals surface area contributed by atoms with E-state index in [2.05, 4.69) is 15.6 Å². The van der Waals surface area contributed by atoms with Gasteiger partial charge in [0.15, 0.2) is 0 Å². The number of hydrogen-bond donors (Lipinski definition) is 1. The molecule has 0 fully saturated rings. The first-order valence-corrected chi connectivity index (χ1v) is 4.83. The van der Waals surface area contributed by atoms with Crippen molar-refractivity contribution in [2.24, 2.45) is 0 Å². The molecule has 0 aliphatic carbocycles. The molecular formula is C11H11N4O. The van der Waals surface area contributed by atoms with E-state index in [-0.39, 0.29) is 5.91 Å². The molecule has 0 aliphatic rings. The summed E-state index contributed by atoms with van der Waals surface area (Å²) >= 11 is 0.